The van der Waals surface area contributed by atoms with Crippen LogP contribution in [0.2, 0.25) is 0 Å². The van der Waals surface area contributed by atoms with Gasteiger partial charge in [0.15, 0.2) is 69.8 Å². The highest BCUT2D eigenvalue weighted by atomic mass is 127. The molecule has 6 aromatic rings. The third-order valence-corrected chi connectivity index (χ3v) is 11.4. The maximum atomic E-state index is 15.4. The molecule has 0 aliphatic rings. The average Bonchev–Trinajstić information content (AvgIpc) is 3.90. The van der Waals surface area contributed by atoms with Crippen LogP contribution in [0.4, 0.5) is 87.8 Å². The summed E-state index contributed by atoms with van der Waals surface area (Å²) >= 11 is 8.03. The summed E-state index contributed by atoms with van der Waals surface area (Å²) in [4.78, 5) is 0. The number of furan rings is 2. The predicted molar refractivity (Wildman–Crippen MR) is 169 cm³/mol. The fourth-order valence-corrected chi connectivity index (χ4v) is 8.40. The first kappa shape index (κ1) is 46.6. The fraction of sp³-hybridized carbons (Fsp3) is 0.0588. The maximum absolute atomic E-state index is 15.4. The minimum absolute atomic E-state index is 0.343. The van der Waals surface area contributed by atoms with Gasteiger partial charge < -0.3 is 8.83 Å². The zero-order valence-corrected chi connectivity index (χ0v) is 31.9. The van der Waals surface area contributed by atoms with Crippen molar-refractivity contribution in [2.24, 2.45) is 0 Å². The van der Waals surface area contributed by atoms with Gasteiger partial charge in [-0.25, -0.2) is 87.8 Å². The van der Waals surface area contributed by atoms with E-state index in [2.05, 4.69) is 25.3 Å². The zero-order chi connectivity index (χ0) is 45.0. The molecular formula is C34H10BF20IO2S2. The Balaban J connectivity index is 0.000000379. The van der Waals surface area contributed by atoms with Crippen molar-refractivity contribution in [2.75, 3.05) is 0 Å². The van der Waals surface area contributed by atoms with Crippen molar-refractivity contribution >= 4 is 53.3 Å². The van der Waals surface area contributed by atoms with E-state index in [0.717, 1.165) is 18.7 Å². The molecule has 0 unspecified atom stereocenters. The number of thiol groups is 2. The average molecular weight is 1030 g/mol. The Morgan fingerprint density at radius 2 is 0.517 bits per heavy atom. The number of rotatable bonds is 8. The smallest absolute Gasteiger partial charge is 0.426 e. The fourth-order valence-electron chi connectivity index (χ4n) is 5.92. The normalized spacial score (nSPS) is 11.7. The zero-order valence-electron chi connectivity index (χ0n) is 27.9. The van der Waals surface area contributed by atoms with E-state index in [0.29, 0.717) is 11.5 Å². The van der Waals surface area contributed by atoms with Gasteiger partial charge in [0.05, 0.1) is 12.5 Å². The first-order valence-corrected chi connectivity index (χ1v) is 18.7. The lowest BCUT2D eigenvalue weighted by molar-refractivity contribution is -0.636. The number of hydrogen-bond acceptors (Lipinski definition) is 4. The number of halogens is 21. The molecular weight excluding hydrogens is 1020 g/mol. The van der Waals surface area contributed by atoms with E-state index in [9.17, 15) is 52.7 Å². The molecule has 2 aromatic heterocycles. The molecule has 0 fully saturated rings. The predicted octanol–water partition coefficient (Wildman–Crippen LogP) is 5.71. The Morgan fingerprint density at radius 3 is 0.683 bits per heavy atom. The van der Waals surface area contributed by atoms with Gasteiger partial charge in [-0.2, -0.15) is 25.3 Å². The highest BCUT2D eigenvalue weighted by Crippen LogP contribution is 2.30. The van der Waals surface area contributed by atoms with Crippen LogP contribution in [0.5, 0.6) is 0 Å². The quantitative estimate of drug-likeness (QED) is 0.0512. The van der Waals surface area contributed by atoms with E-state index < -0.39 is 144 Å². The molecule has 60 heavy (non-hydrogen) atoms. The van der Waals surface area contributed by atoms with Gasteiger partial charge in [-0.15, -0.1) is 21.9 Å². The minimum Gasteiger partial charge on any atom is -0.426 e. The van der Waals surface area contributed by atoms with Crippen LogP contribution in [0, 0.1) is 124 Å². The molecule has 4 aromatic carbocycles. The molecule has 0 aliphatic carbocycles. The standard InChI is InChI=1S/C24BF20.C10H9IO2S2/c26-5-1(6(27)14(35)21(42)13(5)34)25(2-7(28)15(36)22(43)16(37)8(2)29,3-9(30)17(38)23(44)18(39)10(3)31)4-11(32)19(40)24(45)20(41)12(4)33;14-5-7-1-9(12-3-7)11-10-2-8(6-15)4-13-10/h;1-4H,5-6H2,(H-,14,15)/q-1;/p+1. The Bertz CT molecular complexity index is 2260. The molecule has 0 amide bonds. The number of hydrogen-bond donors (Lipinski definition) is 2. The summed E-state index contributed by atoms with van der Waals surface area (Å²) in [6, 6.07) is 4.09. The van der Waals surface area contributed by atoms with Crippen LogP contribution in [0.3, 0.4) is 0 Å². The summed E-state index contributed by atoms with van der Waals surface area (Å²) in [5, 5.41) is 0. The minimum atomic E-state index is -7.22. The third kappa shape index (κ3) is 7.38. The molecule has 26 heteroatoms. The summed E-state index contributed by atoms with van der Waals surface area (Å²) in [6.45, 7) is 0. The van der Waals surface area contributed by atoms with E-state index in [1.807, 2.05) is 12.1 Å². The van der Waals surface area contributed by atoms with Crippen LogP contribution >= 0.6 is 25.3 Å². The Morgan fingerprint density at radius 1 is 0.333 bits per heavy atom. The van der Waals surface area contributed by atoms with Crippen LogP contribution in [-0.4, -0.2) is 6.15 Å². The molecule has 0 radical (unpaired) electrons. The van der Waals surface area contributed by atoms with Crippen molar-refractivity contribution in [1.29, 1.82) is 0 Å². The first-order valence-electron chi connectivity index (χ1n) is 15.3. The lowest BCUT2D eigenvalue weighted by atomic mass is 9.12. The van der Waals surface area contributed by atoms with Crippen LogP contribution in [0.25, 0.3) is 0 Å². The molecule has 2 heterocycles. The summed E-state index contributed by atoms with van der Waals surface area (Å²) in [5.74, 6) is -70.0. The molecule has 0 atom stereocenters. The van der Waals surface area contributed by atoms with Gasteiger partial charge in [-0.05, 0) is 0 Å². The summed E-state index contributed by atoms with van der Waals surface area (Å²) in [7, 11) is 0. The molecule has 6 rings (SSSR count). The summed E-state index contributed by atoms with van der Waals surface area (Å²) in [6.07, 6.45) is -3.71. The van der Waals surface area contributed by atoms with Crippen LogP contribution in [-0.2, 0) is 11.5 Å². The topological polar surface area (TPSA) is 26.3 Å². The monoisotopic (exact) mass is 1030 g/mol. The molecule has 0 saturated carbocycles. The van der Waals surface area contributed by atoms with E-state index in [4.69, 9.17) is 8.83 Å². The van der Waals surface area contributed by atoms with Crippen molar-refractivity contribution in [1.82, 2.24) is 0 Å². The highest BCUT2D eigenvalue weighted by molar-refractivity contribution is 7.79. The highest BCUT2D eigenvalue weighted by Gasteiger charge is 2.52. The molecule has 0 N–H and O–H groups in total. The van der Waals surface area contributed by atoms with Crippen LogP contribution in [0.15, 0.2) is 33.5 Å². The summed E-state index contributed by atoms with van der Waals surface area (Å²) < 4.78 is 307. The molecule has 320 valence electrons. The van der Waals surface area contributed by atoms with Crippen LogP contribution < -0.4 is 43.1 Å². The molecule has 0 saturated heterocycles. The van der Waals surface area contributed by atoms with Crippen molar-refractivity contribution in [3.8, 4) is 0 Å². The van der Waals surface area contributed by atoms with Crippen molar-refractivity contribution in [2.45, 2.75) is 11.5 Å². The van der Waals surface area contributed by atoms with Gasteiger partial charge in [0, 0.05) is 34.8 Å². The lowest BCUT2D eigenvalue weighted by Gasteiger charge is -2.44. The van der Waals surface area contributed by atoms with Crippen LogP contribution in [0.1, 0.15) is 11.1 Å². The largest absolute Gasteiger partial charge is 0.442 e. The summed E-state index contributed by atoms with van der Waals surface area (Å²) in [5.41, 5.74) is -12.1. The second-order valence-corrected chi connectivity index (χ2v) is 15.0. The van der Waals surface area contributed by atoms with Crippen molar-refractivity contribution in [3.63, 3.8) is 0 Å². The van der Waals surface area contributed by atoms with Gasteiger partial charge in [0.25, 0.3) is 0 Å². The number of benzene rings is 4. The molecule has 0 spiro atoms. The van der Waals surface area contributed by atoms with E-state index >= 15 is 35.1 Å². The van der Waals surface area contributed by atoms with Crippen molar-refractivity contribution < 1.29 is 118 Å². The Hall–Kier alpha value is -4.47. The van der Waals surface area contributed by atoms with Gasteiger partial charge in [0.1, 0.15) is 52.7 Å². The Kier molecular flexibility index (Phi) is 13.6. The molecule has 0 aliphatic heterocycles. The Labute approximate surface area is 341 Å². The molecule has 0 bridgehead atoms. The second kappa shape index (κ2) is 17.5. The van der Waals surface area contributed by atoms with E-state index in [-0.39, 0.29) is 21.2 Å². The SMILES string of the molecule is Fc1c(F)c(F)c([B-](c2c(F)c(F)c(F)c(F)c2F)(c2c(F)c(F)c(F)c(F)c2F)c2c(F)c(F)c(F)c(F)c2F)c(F)c1F.SCc1coc([I+]c2cc(CS)co2)c1. The maximum Gasteiger partial charge on any atom is 0.442 e. The third-order valence-electron chi connectivity index (χ3n) is 8.50. The van der Waals surface area contributed by atoms with Gasteiger partial charge in [-0.3, -0.25) is 0 Å². The molecule has 2 nitrogen and oxygen atoms in total. The van der Waals surface area contributed by atoms with E-state index in [1.54, 1.807) is 12.5 Å². The van der Waals surface area contributed by atoms with E-state index in [1.165, 1.54) is 0 Å². The first-order chi connectivity index (χ1) is 28.0. The van der Waals surface area contributed by atoms with Crippen molar-refractivity contribution in [3.05, 3.63) is 160 Å². The lowest BCUT2D eigenvalue weighted by Crippen LogP contribution is -3.61. The van der Waals surface area contributed by atoms with Gasteiger partial charge >= 0.3 is 28.7 Å². The second-order valence-electron chi connectivity index (χ2n) is 11.7. The van der Waals surface area contributed by atoms with Gasteiger partial charge in [0.2, 0.25) is 0 Å². The van der Waals surface area contributed by atoms with Gasteiger partial charge in [-0.1, -0.05) is 0 Å².